The lowest BCUT2D eigenvalue weighted by Crippen LogP contribution is -2.40. The van der Waals surface area contributed by atoms with Crippen molar-refractivity contribution in [3.05, 3.63) is 23.3 Å². The summed E-state index contributed by atoms with van der Waals surface area (Å²) in [5, 5.41) is 0. The maximum Gasteiger partial charge on any atom is 0.147 e. The number of allylic oxidation sites excluding steroid dienone is 2. The molecule has 0 N–H and O–H groups in total. The highest BCUT2D eigenvalue weighted by Gasteiger charge is 2.52. The zero-order valence-corrected chi connectivity index (χ0v) is 11.0. The van der Waals surface area contributed by atoms with E-state index in [0.29, 0.717) is 37.5 Å². The van der Waals surface area contributed by atoms with Crippen LogP contribution in [0.25, 0.3) is 0 Å². The lowest BCUT2D eigenvalue weighted by atomic mass is 9.70. The summed E-state index contributed by atoms with van der Waals surface area (Å²) in [4.78, 5) is 24.6. The predicted octanol–water partition coefficient (Wildman–Crippen LogP) is 2.22. The molecular weight excluding hydrogens is 240 g/mol. The Morgan fingerprint density at radius 3 is 2.00 bits per heavy atom. The van der Waals surface area contributed by atoms with Crippen LogP contribution in [0.1, 0.15) is 32.1 Å². The molecule has 0 aromatic heterocycles. The Morgan fingerprint density at radius 1 is 0.947 bits per heavy atom. The Kier molecular flexibility index (Phi) is 2.37. The summed E-state index contributed by atoms with van der Waals surface area (Å²) < 4.78 is 5.51. The molecule has 19 heavy (non-hydrogen) atoms. The average molecular weight is 258 g/mol. The summed E-state index contributed by atoms with van der Waals surface area (Å²) in [7, 11) is 0. The molecule has 0 aromatic rings. The molecule has 1 aliphatic heterocycles. The van der Waals surface area contributed by atoms with Gasteiger partial charge in [0.15, 0.2) is 0 Å². The number of hydrogen-bond donors (Lipinski definition) is 0. The maximum absolute atomic E-state index is 12.3. The van der Waals surface area contributed by atoms with Gasteiger partial charge in [0.25, 0.3) is 0 Å². The Balaban J connectivity index is 1.72. The highest BCUT2D eigenvalue weighted by atomic mass is 16.5. The first-order valence-corrected chi connectivity index (χ1v) is 7.25. The SMILES string of the molecule is O=C1CCCC(=O)C12CC1=CC3COCC3C=C1C2. The fourth-order valence-electron chi connectivity index (χ4n) is 4.16. The van der Waals surface area contributed by atoms with Crippen molar-refractivity contribution in [2.45, 2.75) is 32.1 Å². The summed E-state index contributed by atoms with van der Waals surface area (Å²) in [6, 6.07) is 0. The topological polar surface area (TPSA) is 43.4 Å². The average Bonchev–Trinajstić information content (AvgIpc) is 2.97. The van der Waals surface area contributed by atoms with Gasteiger partial charge in [-0.1, -0.05) is 12.2 Å². The third-order valence-electron chi connectivity index (χ3n) is 5.27. The van der Waals surface area contributed by atoms with E-state index in [0.717, 1.165) is 19.6 Å². The number of carbonyl (C=O) groups excluding carboxylic acids is 2. The van der Waals surface area contributed by atoms with Crippen molar-refractivity contribution >= 4 is 11.6 Å². The van der Waals surface area contributed by atoms with E-state index in [9.17, 15) is 9.59 Å². The summed E-state index contributed by atoms with van der Waals surface area (Å²) in [5.41, 5.74) is 1.81. The molecule has 4 aliphatic rings. The van der Waals surface area contributed by atoms with Crippen LogP contribution in [-0.2, 0) is 14.3 Å². The zero-order chi connectivity index (χ0) is 13.0. The van der Waals surface area contributed by atoms with E-state index in [-0.39, 0.29) is 11.6 Å². The van der Waals surface area contributed by atoms with Gasteiger partial charge in [0, 0.05) is 24.7 Å². The minimum Gasteiger partial charge on any atom is -0.380 e. The van der Waals surface area contributed by atoms with Gasteiger partial charge in [-0.25, -0.2) is 0 Å². The number of fused-ring (bicyclic) bond motifs is 2. The Bertz CT molecular complexity index is 480. The summed E-state index contributed by atoms with van der Waals surface area (Å²) >= 11 is 0. The van der Waals surface area contributed by atoms with Crippen molar-refractivity contribution in [1.82, 2.24) is 0 Å². The minimum absolute atomic E-state index is 0.182. The number of hydrogen-bond acceptors (Lipinski definition) is 3. The highest BCUT2D eigenvalue weighted by Crippen LogP contribution is 2.52. The number of ketones is 2. The molecule has 3 heteroatoms. The van der Waals surface area contributed by atoms with Crippen molar-refractivity contribution in [2.75, 3.05) is 13.2 Å². The molecule has 1 saturated heterocycles. The Labute approximate surface area is 112 Å². The van der Waals surface area contributed by atoms with E-state index in [4.69, 9.17) is 4.74 Å². The standard InChI is InChI=1S/C16H18O3/c17-14-2-1-3-15(18)16(14)6-10-4-12-8-19-9-13(12)5-11(10)7-16/h4-5,12-13H,1-3,6-9H2. The summed E-state index contributed by atoms with van der Waals surface area (Å²) in [6.07, 6.45) is 7.77. The molecule has 2 unspecified atom stereocenters. The van der Waals surface area contributed by atoms with Gasteiger partial charge in [0.05, 0.1) is 18.6 Å². The second-order valence-corrected chi connectivity index (χ2v) is 6.38. The maximum atomic E-state index is 12.3. The van der Waals surface area contributed by atoms with Gasteiger partial charge in [-0.2, -0.15) is 0 Å². The molecule has 3 fully saturated rings. The van der Waals surface area contributed by atoms with Crippen LogP contribution in [0.3, 0.4) is 0 Å². The van der Waals surface area contributed by atoms with Crippen LogP contribution in [0.2, 0.25) is 0 Å². The van der Waals surface area contributed by atoms with E-state index in [1.54, 1.807) is 0 Å². The molecule has 0 bridgehead atoms. The van der Waals surface area contributed by atoms with Crippen molar-refractivity contribution in [2.24, 2.45) is 17.3 Å². The van der Waals surface area contributed by atoms with Crippen LogP contribution in [0.15, 0.2) is 23.3 Å². The third kappa shape index (κ3) is 1.54. The number of carbonyl (C=O) groups is 2. The molecule has 2 saturated carbocycles. The van der Waals surface area contributed by atoms with E-state index in [1.165, 1.54) is 11.1 Å². The van der Waals surface area contributed by atoms with Crippen LogP contribution in [0.5, 0.6) is 0 Å². The van der Waals surface area contributed by atoms with Crippen molar-refractivity contribution in [3.63, 3.8) is 0 Å². The van der Waals surface area contributed by atoms with E-state index >= 15 is 0 Å². The largest absolute Gasteiger partial charge is 0.380 e. The van der Waals surface area contributed by atoms with Crippen LogP contribution in [0.4, 0.5) is 0 Å². The van der Waals surface area contributed by atoms with Gasteiger partial charge in [0.2, 0.25) is 0 Å². The van der Waals surface area contributed by atoms with E-state index in [2.05, 4.69) is 12.2 Å². The van der Waals surface area contributed by atoms with Gasteiger partial charge in [0.1, 0.15) is 11.6 Å². The molecule has 100 valence electrons. The second kappa shape index (κ2) is 3.89. The van der Waals surface area contributed by atoms with E-state index < -0.39 is 5.41 Å². The summed E-state index contributed by atoms with van der Waals surface area (Å²) in [6.45, 7) is 1.57. The van der Waals surface area contributed by atoms with Gasteiger partial charge in [-0.3, -0.25) is 9.59 Å². The molecule has 1 spiro atoms. The number of Topliss-reactive ketones (excluding diaryl/α,β-unsaturated/α-hetero) is 2. The monoisotopic (exact) mass is 258 g/mol. The third-order valence-corrected chi connectivity index (χ3v) is 5.27. The normalized spacial score (nSPS) is 36.0. The first-order chi connectivity index (χ1) is 9.19. The summed E-state index contributed by atoms with van der Waals surface area (Å²) in [5.74, 6) is 1.29. The first kappa shape index (κ1) is 11.6. The number of rotatable bonds is 0. The van der Waals surface area contributed by atoms with Crippen molar-refractivity contribution in [3.8, 4) is 0 Å². The zero-order valence-electron chi connectivity index (χ0n) is 11.0. The fourth-order valence-corrected chi connectivity index (χ4v) is 4.16. The van der Waals surface area contributed by atoms with E-state index in [1.807, 2.05) is 0 Å². The molecule has 3 nitrogen and oxygen atoms in total. The molecule has 0 radical (unpaired) electrons. The van der Waals surface area contributed by atoms with Crippen LogP contribution >= 0.6 is 0 Å². The van der Waals surface area contributed by atoms with Crippen molar-refractivity contribution in [1.29, 1.82) is 0 Å². The molecule has 1 heterocycles. The smallest absolute Gasteiger partial charge is 0.147 e. The van der Waals surface area contributed by atoms with Gasteiger partial charge in [-0.15, -0.1) is 0 Å². The van der Waals surface area contributed by atoms with Crippen molar-refractivity contribution < 1.29 is 14.3 Å². The van der Waals surface area contributed by atoms with Gasteiger partial charge in [-0.05, 0) is 30.4 Å². The second-order valence-electron chi connectivity index (χ2n) is 6.38. The van der Waals surface area contributed by atoms with Crippen LogP contribution in [-0.4, -0.2) is 24.8 Å². The Hall–Kier alpha value is -1.22. The lowest BCUT2D eigenvalue weighted by Gasteiger charge is -2.29. The Morgan fingerprint density at radius 2 is 1.47 bits per heavy atom. The molecule has 2 atom stereocenters. The fraction of sp³-hybridized carbons (Fsp3) is 0.625. The first-order valence-electron chi connectivity index (χ1n) is 7.25. The molecular formula is C16H18O3. The van der Waals surface area contributed by atoms with Crippen LogP contribution in [0, 0.1) is 17.3 Å². The molecule has 3 aliphatic carbocycles. The molecule has 4 rings (SSSR count). The molecule has 0 amide bonds. The lowest BCUT2D eigenvalue weighted by molar-refractivity contribution is -0.143. The van der Waals surface area contributed by atoms with Gasteiger partial charge < -0.3 is 4.74 Å². The van der Waals surface area contributed by atoms with Gasteiger partial charge >= 0.3 is 0 Å². The van der Waals surface area contributed by atoms with Crippen LogP contribution < -0.4 is 0 Å². The minimum atomic E-state index is -0.685. The highest BCUT2D eigenvalue weighted by molar-refractivity contribution is 6.10. The predicted molar refractivity (Wildman–Crippen MR) is 69.5 cm³/mol. The molecule has 0 aromatic carbocycles. The number of ether oxygens (including phenoxy) is 1. The quantitative estimate of drug-likeness (QED) is 0.626.